The van der Waals surface area contributed by atoms with Crippen LogP contribution in [-0.2, 0) is 16.5 Å². The van der Waals surface area contributed by atoms with E-state index in [0.29, 0.717) is 12.0 Å². The second-order valence-electron chi connectivity index (χ2n) is 3.89. The van der Waals surface area contributed by atoms with Crippen molar-refractivity contribution in [1.29, 1.82) is 0 Å². The summed E-state index contributed by atoms with van der Waals surface area (Å²) >= 11 is 0. The van der Waals surface area contributed by atoms with Gasteiger partial charge in [0.05, 0.1) is 4.90 Å². The standard InChI is InChI=1S/C12H18O3S.Ca.2H/c1-2-3-4-5-8-11-9-6-7-10-12(11)16(13,14)15;;;/h6-7,9-10H,2-5,8H2,1H3,(H,13,14,15);;;. The normalized spacial score (nSPS) is 10.9. The summed E-state index contributed by atoms with van der Waals surface area (Å²) in [5.74, 6) is 0. The van der Waals surface area contributed by atoms with E-state index in [0.717, 1.165) is 25.7 Å². The van der Waals surface area contributed by atoms with Gasteiger partial charge < -0.3 is 0 Å². The van der Waals surface area contributed by atoms with Gasteiger partial charge in [0.15, 0.2) is 0 Å². The Labute approximate surface area is 133 Å². The zero-order valence-corrected chi connectivity index (χ0v) is 10.3. The molecule has 0 saturated carbocycles. The molecule has 5 heteroatoms. The summed E-state index contributed by atoms with van der Waals surface area (Å²) in [6.45, 7) is 2.13. The van der Waals surface area contributed by atoms with Crippen LogP contribution in [0.25, 0.3) is 0 Å². The topological polar surface area (TPSA) is 54.4 Å². The zero-order valence-electron chi connectivity index (χ0n) is 9.52. The number of unbranched alkanes of at least 4 members (excludes halogenated alkanes) is 3. The fourth-order valence-corrected chi connectivity index (χ4v) is 2.46. The molecule has 0 unspecified atom stereocenters. The van der Waals surface area contributed by atoms with E-state index in [1.807, 2.05) is 0 Å². The van der Waals surface area contributed by atoms with E-state index in [2.05, 4.69) is 6.92 Å². The summed E-state index contributed by atoms with van der Waals surface area (Å²) in [7, 11) is -4.08. The average molecular weight is 284 g/mol. The Morgan fingerprint density at radius 2 is 1.76 bits per heavy atom. The Morgan fingerprint density at radius 3 is 2.35 bits per heavy atom. The molecule has 0 aliphatic rings. The molecule has 0 radical (unpaired) electrons. The van der Waals surface area contributed by atoms with Crippen LogP contribution in [0.5, 0.6) is 0 Å². The van der Waals surface area contributed by atoms with Crippen molar-refractivity contribution >= 4 is 47.9 Å². The van der Waals surface area contributed by atoms with Gasteiger partial charge in [0.2, 0.25) is 0 Å². The molecule has 0 fully saturated rings. The van der Waals surface area contributed by atoms with Crippen molar-refractivity contribution in [1.82, 2.24) is 0 Å². The third-order valence-corrected chi connectivity index (χ3v) is 3.50. The Hall–Kier alpha value is 0.390. The van der Waals surface area contributed by atoms with Crippen molar-refractivity contribution in [3.05, 3.63) is 29.8 Å². The van der Waals surface area contributed by atoms with Crippen molar-refractivity contribution in [2.45, 2.75) is 43.9 Å². The van der Waals surface area contributed by atoms with Crippen LogP contribution in [0.4, 0.5) is 0 Å². The first kappa shape index (κ1) is 17.4. The average Bonchev–Trinajstić information content (AvgIpc) is 2.24. The van der Waals surface area contributed by atoms with E-state index >= 15 is 0 Å². The minimum absolute atomic E-state index is 0. The van der Waals surface area contributed by atoms with Crippen LogP contribution in [0.1, 0.15) is 38.2 Å². The molecule has 0 spiro atoms. The van der Waals surface area contributed by atoms with Gasteiger partial charge in [0.1, 0.15) is 0 Å². The molecule has 0 saturated heterocycles. The van der Waals surface area contributed by atoms with Crippen LogP contribution < -0.4 is 0 Å². The van der Waals surface area contributed by atoms with Crippen LogP contribution in [-0.4, -0.2) is 50.7 Å². The maximum atomic E-state index is 11.1. The van der Waals surface area contributed by atoms with Gasteiger partial charge in [0, 0.05) is 0 Å². The second-order valence-corrected chi connectivity index (χ2v) is 5.28. The molecule has 1 aromatic carbocycles. The Bertz CT molecular complexity index is 429. The molecular formula is C12H20CaO3S. The maximum absolute atomic E-state index is 11.1. The van der Waals surface area contributed by atoms with Gasteiger partial charge in [-0.3, -0.25) is 4.55 Å². The molecule has 0 bridgehead atoms. The van der Waals surface area contributed by atoms with Crippen molar-refractivity contribution in [2.75, 3.05) is 0 Å². The molecule has 0 aromatic heterocycles. The van der Waals surface area contributed by atoms with Gasteiger partial charge in [-0.25, -0.2) is 0 Å². The summed E-state index contributed by atoms with van der Waals surface area (Å²) in [5.41, 5.74) is 0.709. The summed E-state index contributed by atoms with van der Waals surface area (Å²) in [6.07, 6.45) is 5.07. The fraction of sp³-hybridized carbons (Fsp3) is 0.500. The van der Waals surface area contributed by atoms with Gasteiger partial charge in [-0.1, -0.05) is 44.4 Å². The molecule has 0 aliphatic carbocycles. The molecule has 0 amide bonds. The van der Waals surface area contributed by atoms with E-state index in [9.17, 15) is 8.42 Å². The van der Waals surface area contributed by atoms with E-state index in [1.54, 1.807) is 18.2 Å². The van der Waals surface area contributed by atoms with Crippen LogP contribution in [0.2, 0.25) is 0 Å². The molecule has 1 rings (SSSR count). The molecule has 0 atom stereocenters. The van der Waals surface area contributed by atoms with Crippen LogP contribution >= 0.6 is 0 Å². The SMILES string of the molecule is CCCCCCc1ccccc1S(=O)(=O)O.[CaH2]. The molecule has 3 nitrogen and oxygen atoms in total. The number of rotatable bonds is 6. The molecule has 1 aromatic rings. The number of hydrogen-bond acceptors (Lipinski definition) is 2. The molecule has 0 aliphatic heterocycles. The predicted molar refractivity (Wildman–Crippen MR) is 72.6 cm³/mol. The van der Waals surface area contributed by atoms with Crippen molar-refractivity contribution in [3.63, 3.8) is 0 Å². The quantitative estimate of drug-likeness (QED) is 0.495. The van der Waals surface area contributed by atoms with E-state index in [4.69, 9.17) is 4.55 Å². The van der Waals surface area contributed by atoms with Crippen LogP contribution in [0.3, 0.4) is 0 Å². The van der Waals surface area contributed by atoms with Crippen molar-refractivity contribution in [2.24, 2.45) is 0 Å². The van der Waals surface area contributed by atoms with Crippen molar-refractivity contribution < 1.29 is 13.0 Å². The first-order valence-electron chi connectivity index (χ1n) is 5.61. The van der Waals surface area contributed by atoms with Crippen LogP contribution in [0.15, 0.2) is 29.2 Å². The van der Waals surface area contributed by atoms with Gasteiger partial charge in [-0.2, -0.15) is 8.42 Å². The van der Waals surface area contributed by atoms with Gasteiger partial charge in [-0.05, 0) is 24.5 Å². The molecule has 94 valence electrons. The van der Waals surface area contributed by atoms with Crippen molar-refractivity contribution in [3.8, 4) is 0 Å². The Kier molecular flexibility index (Phi) is 8.68. The Balaban J connectivity index is 0.00000256. The monoisotopic (exact) mass is 284 g/mol. The fourth-order valence-electron chi connectivity index (χ4n) is 1.70. The summed E-state index contributed by atoms with van der Waals surface area (Å²) in [6, 6.07) is 6.63. The van der Waals surface area contributed by atoms with E-state index < -0.39 is 10.1 Å². The molecular weight excluding hydrogens is 264 g/mol. The molecule has 17 heavy (non-hydrogen) atoms. The Morgan fingerprint density at radius 1 is 1.12 bits per heavy atom. The van der Waals surface area contributed by atoms with Gasteiger partial charge >= 0.3 is 37.7 Å². The minimum atomic E-state index is -4.08. The molecule has 1 N–H and O–H groups in total. The van der Waals surface area contributed by atoms with Crippen LogP contribution in [0, 0.1) is 0 Å². The van der Waals surface area contributed by atoms with E-state index in [-0.39, 0.29) is 42.6 Å². The predicted octanol–water partition coefficient (Wildman–Crippen LogP) is 2.14. The first-order valence-corrected chi connectivity index (χ1v) is 7.05. The van der Waals surface area contributed by atoms with Gasteiger partial charge in [0.25, 0.3) is 10.1 Å². The third-order valence-electron chi connectivity index (χ3n) is 2.55. The number of benzene rings is 1. The number of hydrogen-bond donors (Lipinski definition) is 1. The zero-order chi connectivity index (χ0) is 12.0. The summed E-state index contributed by atoms with van der Waals surface area (Å²) in [5, 5.41) is 0. The van der Waals surface area contributed by atoms with E-state index in [1.165, 1.54) is 6.07 Å². The first-order chi connectivity index (χ1) is 7.55. The second kappa shape index (κ2) is 8.48. The third kappa shape index (κ3) is 6.20. The summed E-state index contributed by atoms with van der Waals surface area (Å²) < 4.78 is 31.2. The summed E-state index contributed by atoms with van der Waals surface area (Å²) in [4.78, 5) is 0.0477. The number of aryl methyl sites for hydroxylation is 1. The molecule has 0 heterocycles. The van der Waals surface area contributed by atoms with Gasteiger partial charge in [-0.15, -0.1) is 0 Å².